The number of alkyl halides is 1. The summed E-state index contributed by atoms with van der Waals surface area (Å²) in [5.41, 5.74) is 1.89. The van der Waals surface area contributed by atoms with Crippen LogP contribution < -0.4 is 0 Å². The molecule has 0 aliphatic carbocycles. The molecule has 18 heavy (non-hydrogen) atoms. The lowest BCUT2D eigenvalue weighted by Gasteiger charge is -2.13. The Morgan fingerprint density at radius 1 is 1.06 bits per heavy atom. The van der Waals surface area contributed by atoms with Crippen LogP contribution in [0.15, 0.2) is 42.5 Å². The van der Waals surface area contributed by atoms with Crippen molar-refractivity contribution in [2.45, 2.75) is 11.2 Å². The van der Waals surface area contributed by atoms with Crippen molar-refractivity contribution in [2.75, 3.05) is 0 Å². The largest absolute Gasteiger partial charge is 0.207 e. The Hall–Kier alpha value is -0.570. The summed E-state index contributed by atoms with van der Waals surface area (Å²) in [6.07, 6.45) is 0.699. The van der Waals surface area contributed by atoms with Gasteiger partial charge >= 0.3 is 0 Å². The maximum atomic E-state index is 13.0. The van der Waals surface area contributed by atoms with Crippen LogP contribution in [0.2, 0.25) is 10.0 Å². The van der Waals surface area contributed by atoms with E-state index in [0.29, 0.717) is 11.4 Å². The van der Waals surface area contributed by atoms with E-state index in [9.17, 15) is 4.39 Å². The van der Waals surface area contributed by atoms with Crippen LogP contribution in [0, 0.1) is 5.82 Å². The molecule has 0 fully saturated rings. The topological polar surface area (TPSA) is 0 Å². The van der Waals surface area contributed by atoms with Crippen LogP contribution in [0.4, 0.5) is 4.39 Å². The van der Waals surface area contributed by atoms with Gasteiger partial charge in [0.25, 0.3) is 0 Å². The highest BCUT2D eigenvalue weighted by atomic mass is 79.9. The quantitative estimate of drug-likeness (QED) is 0.614. The maximum absolute atomic E-state index is 13.0. The van der Waals surface area contributed by atoms with Gasteiger partial charge in [0.15, 0.2) is 0 Å². The third-order valence-electron chi connectivity index (χ3n) is 2.66. The molecule has 2 rings (SSSR count). The van der Waals surface area contributed by atoms with Gasteiger partial charge in [-0.05, 0) is 35.7 Å². The molecular weight excluding hydrogens is 338 g/mol. The van der Waals surface area contributed by atoms with Crippen molar-refractivity contribution in [3.63, 3.8) is 0 Å². The first kappa shape index (κ1) is 13.9. The minimum Gasteiger partial charge on any atom is -0.207 e. The average Bonchev–Trinajstić information content (AvgIpc) is 2.32. The van der Waals surface area contributed by atoms with Crippen molar-refractivity contribution in [3.05, 3.63) is 69.5 Å². The first-order valence-corrected chi connectivity index (χ1v) is 7.07. The molecule has 0 saturated heterocycles. The summed E-state index contributed by atoms with van der Waals surface area (Å²) < 4.78 is 13.0. The molecule has 0 heterocycles. The highest BCUT2D eigenvalue weighted by molar-refractivity contribution is 9.09. The fourth-order valence-corrected chi connectivity index (χ4v) is 3.11. The molecule has 0 bridgehead atoms. The molecule has 0 amide bonds. The van der Waals surface area contributed by atoms with E-state index in [4.69, 9.17) is 23.2 Å². The van der Waals surface area contributed by atoms with E-state index in [0.717, 1.165) is 16.1 Å². The second kappa shape index (κ2) is 6.05. The first-order chi connectivity index (χ1) is 8.58. The van der Waals surface area contributed by atoms with Crippen LogP contribution in [0.25, 0.3) is 0 Å². The van der Waals surface area contributed by atoms with Gasteiger partial charge in [-0.3, -0.25) is 0 Å². The van der Waals surface area contributed by atoms with Gasteiger partial charge in [-0.1, -0.05) is 63.4 Å². The van der Waals surface area contributed by atoms with Crippen LogP contribution >= 0.6 is 39.1 Å². The van der Waals surface area contributed by atoms with E-state index >= 15 is 0 Å². The van der Waals surface area contributed by atoms with E-state index in [-0.39, 0.29) is 10.6 Å². The summed E-state index contributed by atoms with van der Waals surface area (Å²) in [6.45, 7) is 0. The third-order valence-corrected chi connectivity index (χ3v) is 4.17. The Kier molecular flexibility index (Phi) is 4.66. The van der Waals surface area contributed by atoms with Gasteiger partial charge in [-0.15, -0.1) is 0 Å². The molecule has 0 saturated carbocycles. The van der Waals surface area contributed by atoms with Crippen molar-refractivity contribution in [3.8, 4) is 0 Å². The molecule has 0 N–H and O–H groups in total. The van der Waals surface area contributed by atoms with Gasteiger partial charge in [0.05, 0.1) is 0 Å². The second-order valence-electron chi connectivity index (χ2n) is 3.93. The Morgan fingerprint density at radius 2 is 1.78 bits per heavy atom. The molecule has 0 spiro atoms. The molecule has 0 radical (unpaired) electrons. The van der Waals surface area contributed by atoms with Crippen molar-refractivity contribution < 1.29 is 4.39 Å². The number of hydrogen-bond acceptors (Lipinski definition) is 0. The van der Waals surface area contributed by atoms with Crippen molar-refractivity contribution in [1.82, 2.24) is 0 Å². The Morgan fingerprint density at radius 3 is 2.44 bits per heavy atom. The van der Waals surface area contributed by atoms with Gasteiger partial charge < -0.3 is 0 Å². The molecule has 94 valence electrons. The van der Waals surface area contributed by atoms with Crippen LogP contribution in [0.3, 0.4) is 0 Å². The van der Waals surface area contributed by atoms with E-state index in [1.54, 1.807) is 6.07 Å². The fourth-order valence-electron chi connectivity index (χ4n) is 1.72. The van der Waals surface area contributed by atoms with Crippen LogP contribution in [0.5, 0.6) is 0 Å². The molecule has 1 atom stereocenters. The standard InChI is InChI=1S/C14H10BrCl2F/c15-12(7-9-3-1-2-4-13(9)16)11-6-5-10(18)8-14(11)17/h1-6,8,12H,7H2. The Labute approximate surface area is 124 Å². The highest BCUT2D eigenvalue weighted by Gasteiger charge is 2.14. The smallest absolute Gasteiger partial charge is 0.124 e. The first-order valence-electron chi connectivity index (χ1n) is 5.40. The van der Waals surface area contributed by atoms with Gasteiger partial charge in [0.1, 0.15) is 5.82 Å². The highest BCUT2D eigenvalue weighted by Crippen LogP contribution is 2.34. The molecule has 0 aliphatic heterocycles. The predicted molar refractivity (Wildman–Crippen MR) is 78.2 cm³/mol. The maximum Gasteiger partial charge on any atom is 0.124 e. The van der Waals surface area contributed by atoms with Crippen molar-refractivity contribution in [1.29, 1.82) is 0 Å². The van der Waals surface area contributed by atoms with E-state index < -0.39 is 0 Å². The second-order valence-corrected chi connectivity index (χ2v) is 5.85. The predicted octanol–water partition coefficient (Wildman–Crippen LogP) is 5.81. The zero-order valence-electron chi connectivity index (χ0n) is 9.34. The average molecular weight is 348 g/mol. The van der Waals surface area contributed by atoms with Crippen LogP contribution in [-0.4, -0.2) is 0 Å². The van der Waals surface area contributed by atoms with Crippen molar-refractivity contribution >= 4 is 39.1 Å². The van der Waals surface area contributed by atoms with Crippen LogP contribution in [0.1, 0.15) is 16.0 Å². The van der Waals surface area contributed by atoms with E-state index in [1.165, 1.54) is 12.1 Å². The molecule has 4 heteroatoms. The molecule has 2 aromatic rings. The third kappa shape index (κ3) is 3.25. The summed E-state index contributed by atoms with van der Waals surface area (Å²) in [5, 5.41) is 1.14. The summed E-state index contributed by atoms with van der Waals surface area (Å²) in [4.78, 5) is 0.00509. The lowest BCUT2D eigenvalue weighted by molar-refractivity contribution is 0.627. The van der Waals surface area contributed by atoms with Gasteiger partial charge in [-0.2, -0.15) is 0 Å². The van der Waals surface area contributed by atoms with Gasteiger partial charge in [-0.25, -0.2) is 4.39 Å². The Bertz CT molecular complexity index is 557. The zero-order valence-corrected chi connectivity index (χ0v) is 12.4. The van der Waals surface area contributed by atoms with E-state index in [2.05, 4.69) is 15.9 Å². The monoisotopic (exact) mass is 346 g/mol. The summed E-state index contributed by atoms with van der Waals surface area (Å²) in [5.74, 6) is -0.332. The number of hydrogen-bond donors (Lipinski definition) is 0. The summed E-state index contributed by atoms with van der Waals surface area (Å²) in [6, 6.07) is 12.1. The molecule has 0 aliphatic rings. The molecule has 0 aromatic heterocycles. The minimum atomic E-state index is -0.332. The fraction of sp³-hybridized carbons (Fsp3) is 0.143. The number of rotatable bonds is 3. The van der Waals surface area contributed by atoms with Gasteiger partial charge in [0, 0.05) is 14.9 Å². The molecule has 2 aromatic carbocycles. The molecule has 0 nitrogen and oxygen atoms in total. The number of halogens is 4. The minimum absolute atomic E-state index is 0.00509. The zero-order chi connectivity index (χ0) is 13.1. The SMILES string of the molecule is Fc1ccc(C(Br)Cc2ccccc2Cl)c(Cl)c1. The normalized spacial score (nSPS) is 12.4. The molecular formula is C14H10BrCl2F. The lowest BCUT2D eigenvalue weighted by Crippen LogP contribution is -1.97. The number of benzene rings is 2. The Balaban J connectivity index is 2.22. The molecule has 1 unspecified atom stereocenters. The van der Waals surface area contributed by atoms with E-state index in [1.807, 2.05) is 24.3 Å². The lowest BCUT2D eigenvalue weighted by atomic mass is 10.0. The summed E-state index contributed by atoms with van der Waals surface area (Å²) in [7, 11) is 0. The van der Waals surface area contributed by atoms with Crippen molar-refractivity contribution in [2.24, 2.45) is 0 Å². The summed E-state index contributed by atoms with van der Waals surface area (Å²) >= 11 is 15.7. The van der Waals surface area contributed by atoms with Gasteiger partial charge in [0.2, 0.25) is 0 Å². The van der Waals surface area contributed by atoms with Crippen LogP contribution in [-0.2, 0) is 6.42 Å².